The second-order valence-electron chi connectivity index (χ2n) is 11.4. The minimum absolute atomic E-state index is 0.165. The lowest BCUT2D eigenvalue weighted by Crippen LogP contribution is -2.43. The Bertz CT molecular complexity index is 1630. The monoisotopic (exact) mass is 524 g/mol. The standard InChI is InChI=1S/C31H36N6O2/c1-17(2)36-15-19(4)29-25(30(38)34-14-26-18(3)8-20(5)35-31(26)39)9-22(10-27(29)36)21-6-7-28(33-12-21)37-16-23-11-24(37)13-32-23/h6-10,12,15,17,23-24,32H,11,13-14,16H2,1-5H3,(H,34,38)(H,35,39). The van der Waals surface area contributed by atoms with Gasteiger partial charge in [-0.2, -0.15) is 0 Å². The molecule has 2 bridgehead atoms. The number of hydrogen-bond donors (Lipinski definition) is 3. The summed E-state index contributed by atoms with van der Waals surface area (Å²) in [6.07, 6.45) is 5.21. The lowest BCUT2D eigenvalue weighted by atomic mass is 9.98. The SMILES string of the molecule is Cc1cc(C)c(CNC(=O)c2cc(-c3ccc(N4CC5CC4CN5)nc3)cc3c2c(C)cn3C(C)C)c(=O)[nH]1. The molecule has 0 aliphatic carbocycles. The summed E-state index contributed by atoms with van der Waals surface area (Å²) in [5.41, 5.74) is 6.66. The molecule has 1 aromatic carbocycles. The van der Waals surface area contributed by atoms with Gasteiger partial charge in [-0.1, -0.05) is 0 Å². The number of nitrogens with zero attached hydrogens (tertiary/aromatic N) is 3. The number of amides is 1. The second kappa shape index (κ2) is 9.68. The Morgan fingerprint density at radius 3 is 2.59 bits per heavy atom. The number of rotatable bonds is 6. The average Bonchev–Trinajstić information content (AvgIpc) is 3.62. The zero-order valence-corrected chi connectivity index (χ0v) is 23.3. The van der Waals surface area contributed by atoms with Crippen molar-refractivity contribution in [1.82, 2.24) is 25.2 Å². The molecule has 3 aromatic heterocycles. The molecule has 2 fully saturated rings. The molecule has 2 atom stereocenters. The molecule has 2 saturated heterocycles. The predicted molar refractivity (Wildman–Crippen MR) is 156 cm³/mol. The Hall–Kier alpha value is -3.91. The maximum atomic E-state index is 13.7. The largest absolute Gasteiger partial charge is 0.351 e. The number of aromatic nitrogens is 3. The van der Waals surface area contributed by atoms with Crippen molar-refractivity contribution in [2.24, 2.45) is 0 Å². The summed E-state index contributed by atoms with van der Waals surface area (Å²) in [6, 6.07) is 11.6. The maximum Gasteiger partial charge on any atom is 0.253 e. The van der Waals surface area contributed by atoms with E-state index in [-0.39, 0.29) is 24.1 Å². The van der Waals surface area contributed by atoms with Gasteiger partial charge in [-0.25, -0.2) is 4.98 Å². The molecule has 202 valence electrons. The highest BCUT2D eigenvalue weighted by Crippen LogP contribution is 2.34. The van der Waals surface area contributed by atoms with Gasteiger partial charge in [0.1, 0.15) is 5.82 Å². The van der Waals surface area contributed by atoms with E-state index < -0.39 is 0 Å². The van der Waals surface area contributed by atoms with Crippen LogP contribution in [0.5, 0.6) is 0 Å². The molecule has 4 aromatic rings. The number of piperazine rings is 1. The van der Waals surface area contributed by atoms with Crippen molar-refractivity contribution in [3.8, 4) is 11.1 Å². The number of pyridine rings is 2. The molecular weight excluding hydrogens is 488 g/mol. The van der Waals surface area contributed by atoms with E-state index in [2.05, 4.69) is 63.3 Å². The lowest BCUT2D eigenvalue weighted by Gasteiger charge is -2.28. The zero-order valence-electron chi connectivity index (χ0n) is 23.3. The summed E-state index contributed by atoms with van der Waals surface area (Å²) in [5, 5.41) is 7.50. The highest BCUT2D eigenvalue weighted by Gasteiger charge is 2.38. The Morgan fingerprint density at radius 2 is 1.95 bits per heavy atom. The molecule has 1 amide bonds. The van der Waals surface area contributed by atoms with Crippen LogP contribution in [-0.4, -0.2) is 45.6 Å². The number of anilines is 1. The molecule has 0 radical (unpaired) electrons. The number of benzene rings is 1. The van der Waals surface area contributed by atoms with Crippen molar-refractivity contribution in [2.45, 2.75) is 65.7 Å². The first-order chi connectivity index (χ1) is 18.7. The van der Waals surface area contributed by atoms with Gasteiger partial charge in [0.25, 0.3) is 11.5 Å². The average molecular weight is 525 g/mol. The van der Waals surface area contributed by atoms with Crippen LogP contribution in [0.2, 0.25) is 0 Å². The van der Waals surface area contributed by atoms with Crippen LogP contribution in [0.3, 0.4) is 0 Å². The van der Waals surface area contributed by atoms with E-state index in [9.17, 15) is 9.59 Å². The smallest absolute Gasteiger partial charge is 0.253 e. The predicted octanol–water partition coefficient (Wildman–Crippen LogP) is 4.38. The number of aryl methyl sites for hydroxylation is 3. The number of H-pyrrole nitrogens is 1. The summed E-state index contributed by atoms with van der Waals surface area (Å²) < 4.78 is 2.22. The fourth-order valence-electron chi connectivity index (χ4n) is 6.29. The molecule has 2 aliphatic heterocycles. The third kappa shape index (κ3) is 4.52. The van der Waals surface area contributed by atoms with Crippen molar-refractivity contribution >= 4 is 22.6 Å². The van der Waals surface area contributed by atoms with Gasteiger partial charge in [0.05, 0.1) is 0 Å². The van der Waals surface area contributed by atoms with Gasteiger partial charge >= 0.3 is 0 Å². The molecule has 2 aliphatic rings. The molecule has 0 spiro atoms. The van der Waals surface area contributed by atoms with Crippen molar-refractivity contribution in [1.29, 1.82) is 0 Å². The normalized spacial score (nSPS) is 18.5. The van der Waals surface area contributed by atoms with E-state index in [1.807, 2.05) is 39.1 Å². The number of aromatic amines is 1. The van der Waals surface area contributed by atoms with Crippen molar-refractivity contribution in [2.75, 3.05) is 18.0 Å². The topological polar surface area (TPSA) is 95.1 Å². The molecule has 3 N–H and O–H groups in total. The molecule has 2 unspecified atom stereocenters. The van der Waals surface area contributed by atoms with Crippen LogP contribution in [0.4, 0.5) is 5.82 Å². The summed E-state index contributed by atoms with van der Waals surface area (Å²) in [4.78, 5) is 36.3. The van der Waals surface area contributed by atoms with E-state index in [1.165, 1.54) is 6.42 Å². The number of fused-ring (bicyclic) bond motifs is 3. The molecule has 0 saturated carbocycles. The molecule has 8 nitrogen and oxygen atoms in total. The third-order valence-corrected chi connectivity index (χ3v) is 8.28. The van der Waals surface area contributed by atoms with Crippen LogP contribution in [-0.2, 0) is 6.54 Å². The minimum Gasteiger partial charge on any atom is -0.351 e. The van der Waals surface area contributed by atoms with Gasteiger partial charge in [0.2, 0.25) is 0 Å². The van der Waals surface area contributed by atoms with Gasteiger partial charge in [-0.3, -0.25) is 9.59 Å². The number of carbonyl (C=O) groups excluding carboxylic acids is 1. The van der Waals surface area contributed by atoms with Crippen LogP contribution in [0.15, 0.2) is 47.5 Å². The van der Waals surface area contributed by atoms with Crippen LogP contribution in [0.25, 0.3) is 22.0 Å². The summed E-state index contributed by atoms with van der Waals surface area (Å²) in [7, 11) is 0. The van der Waals surface area contributed by atoms with Crippen LogP contribution in [0, 0.1) is 20.8 Å². The van der Waals surface area contributed by atoms with Gasteiger partial charge in [-0.15, -0.1) is 0 Å². The minimum atomic E-state index is -0.198. The number of carbonyl (C=O) groups is 1. The lowest BCUT2D eigenvalue weighted by molar-refractivity contribution is 0.0952. The molecular formula is C31H36N6O2. The molecule has 39 heavy (non-hydrogen) atoms. The summed E-state index contributed by atoms with van der Waals surface area (Å²) >= 11 is 0. The van der Waals surface area contributed by atoms with Gasteiger partial charge in [0.15, 0.2) is 0 Å². The van der Waals surface area contributed by atoms with Gasteiger partial charge in [0, 0.05) is 83.4 Å². The van der Waals surface area contributed by atoms with E-state index in [1.54, 1.807) is 0 Å². The van der Waals surface area contributed by atoms with Crippen LogP contribution < -0.4 is 21.1 Å². The molecule has 6 rings (SSSR count). The van der Waals surface area contributed by atoms with E-state index in [4.69, 9.17) is 4.98 Å². The Balaban J connectivity index is 1.36. The van der Waals surface area contributed by atoms with E-state index >= 15 is 0 Å². The fraction of sp³-hybridized carbons (Fsp3) is 0.387. The first kappa shape index (κ1) is 25.4. The summed E-state index contributed by atoms with van der Waals surface area (Å²) in [6.45, 7) is 12.3. The van der Waals surface area contributed by atoms with E-state index in [0.717, 1.165) is 57.8 Å². The summed E-state index contributed by atoms with van der Waals surface area (Å²) in [5.74, 6) is 0.808. The van der Waals surface area contributed by atoms with Gasteiger partial charge in [-0.05, 0) is 88.1 Å². The van der Waals surface area contributed by atoms with Crippen molar-refractivity contribution in [3.63, 3.8) is 0 Å². The maximum absolute atomic E-state index is 13.7. The molecule has 5 heterocycles. The third-order valence-electron chi connectivity index (χ3n) is 8.28. The Kier molecular flexibility index (Phi) is 6.30. The molecule has 8 heteroatoms. The van der Waals surface area contributed by atoms with Crippen LogP contribution in [0.1, 0.15) is 59.1 Å². The first-order valence-electron chi connectivity index (χ1n) is 13.8. The highest BCUT2D eigenvalue weighted by molar-refractivity contribution is 6.09. The quantitative estimate of drug-likeness (QED) is 0.348. The number of hydrogen-bond acceptors (Lipinski definition) is 5. The number of nitrogens with one attached hydrogen (secondary N) is 3. The Labute approximate surface area is 228 Å². The van der Waals surface area contributed by atoms with Crippen molar-refractivity contribution in [3.05, 3.63) is 81.0 Å². The van der Waals surface area contributed by atoms with Crippen molar-refractivity contribution < 1.29 is 4.79 Å². The highest BCUT2D eigenvalue weighted by atomic mass is 16.1. The fourth-order valence-corrected chi connectivity index (χ4v) is 6.29. The zero-order chi connectivity index (χ0) is 27.4. The second-order valence-corrected chi connectivity index (χ2v) is 11.4. The Morgan fingerprint density at radius 1 is 1.13 bits per heavy atom. The van der Waals surface area contributed by atoms with Gasteiger partial charge < -0.3 is 25.1 Å². The van der Waals surface area contributed by atoms with Crippen LogP contribution >= 0.6 is 0 Å². The van der Waals surface area contributed by atoms with E-state index in [0.29, 0.717) is 23.2 Å². The first-order valence-corrected chi connectivity index (χ1v) is 13.8.